The Balaban J connectivity index is 0.00000128. The number of phenolic OH excluding ortho intramolecular Hbond substituents is 1. The van der Waals surface area contributed by atoms with Crippen LogP contribution in [0.3, 0.4) is 0 Å². The van der Waals surface area contributed by atoms with Gasteiger partial charge in [-0.1, -0.05) is 54.6 Å². The molecular weight excluding hydrogens is 223 g/mol. The monoisotopic (exact) mass is 236 g/mol. The van der Waals surface area contributed by atoms with Crippen molar-refractivity contribution in [3.8, 4) is 5.75 Å². The van der Waals surface area contributed by atoms with Gasteiger partial charge in [0.15, 0.2) is 0 Å². The first-order chi connectivity index (χ1) is 7.34. The molecule has 2 rings (SSSR count). The molecule has 0 radical (unpaired) electrons. The van der Waals surface area contributed by atoms with Crippen molar-refractivity contribution >= 4 is 63.5 Å². The standard InChI is InChI=1S/C14H12O.K.H/c15-14-8-4-7-13(11-14)10-9-12-5-2-1-3-6-12;;/h1-11,15H;;/b10-9+;;. The van der Waals surface area contributed by atoms with Crippen LogP contribution in [0.4, 0.5) is 0 Å². The van der Waals surface area contributed by atoms with Crippen molar-refractivity contribution < 1.29 is 5.11 Å². The molecule has 0 unspecified atom stereocenters. The second kappa shape index (κ2) is 7.04. The molecule has 0 bridgehead atoms. The number of hydrogen-bond donors (Lipinski definition) is 1. The normalized spacial score (nSPS) is 10.0. The molecular formula is C14H13KO. The maximum atomic E-state index is 9.28. The predicted molar refractivity (Wildman–Crippen MR) is 70.6 cm³/mol. The molecule has 0 atom stereocenters. The molecule has 0 spiro atoms. The fourth-order valence-electron chi connectivity index (χ4n) is 1.39. The van der Waals surface area contributed by atoms with Gasteiger partial charge in [0.2, 0.25) is 0 Å². The molecule has 0 aliphatic rings. The second-order valence-electron chi connectivity index (χ2n) is 3.34. The third kappa shape index (κ3) is 4.24. The zero-order valence-corrected chi connectivity index (χ0v) is 8.30. The number of phenols is 1. The Labute approximate surface area is 138 Å². The number of aromatic hydroxyl groups is 1. The van der Waals surface area contributed by atoms with Gasteiger partial charge in [0, 0.05) is 0 Å². The Morgan fingerprint density at radius 1 is 0.750 bits per heavy atom. The van der Waals surface area contributed by atoms with Crippen LogP contribution in [0.15, 0.2) is 54.6 Å². The van der Waals surface area contributed by atoms with E-state index in [9.17, 15) is 5.11 Å². The Hall–Kier alpha value is -0.384. The Morgan fingerprint density at radius 2 is 1.38 bits per heavy atom. The molecule has 1 N–H and O–H groups in total. The summed E-state index contributed by atoms with van der Waals surface area (Å²) in [5.74, 6) is 0.296. The molecule has 0 aromatic heterocycles. The van der Waals surface area contributed by atoms with Gasteiger partial charge >= 0.3 is 51.4 Å². The minimum absolute atomic E-state index is 0. The molecule has 0 saturated carbocycles. The third-order valence-electron chi connectivity index (χ3n) is 2.14. The van der Waals surface area contributed by atoms with E-state index in [-0.39, 0.29) is 51.4 Å². The van der Waals surface area contributed by atoms with Gasteiger partial charge in [-0.05, 0) is 23.3 Å². The van der Waals surface area contributed by atoms with E-state index < -0.39 is 0 Å². The van der Waals surface area contributed by atoms with Crippen LogP contribution < -0.4 is 0 Å². The quantitative estimate of drug-likeness (QED) is 0.628. The van der Waals surface area contributed by atoms with Crippen LogP contribution in [0.5, 0.6) is 5.75 Å². The molecule has 2 aromatic carbocycles. The first-order valence-electron chi connectivity index (χ1n) is 4.87. The van der Waals surface area contributed by atoms with Crippen LogP contribution in [0.25, 0.3) is 12.2 Å². The zero-order chi connectivity index (χ0) is 10.5. The van der Waals surface area contributed by atoms with Gasteiger partial charge in [-0.2, -0.15) is 0 Å². The first-order valence-corrected chi connectivity index (χ1v) is 4.87. The van der Waals surface area contributed by atoms with Crippen molar-refractivity contribution in [1.29, 1.82) is 0 Å². The van der Waals surface area contributed by atoms with Crippen LogP contribution in [-0.4, -0.2) is 56.5 Å². The summed E-state index contributed by atoms with van der Waals surface area (Å²) < 4.78 is 0. The van der Waals surface area contributed by atoms with Crippen LogP contribution in [0.2, 0.25) is 0 Å². The van der Waals surface area contributed by atoms with Crippen molar-refractivity contribution in [3.05, 3.63) is 65.7 Å². The van der Waals surface area contributed by atoms with Gasteiger partial charge in [0.1, 0.15) is 5.75 Å². The summed E-state index contributed by atoms with van der Waals surface area (Å²) in [7, 11) is 0. The molecule has 2 aromatic rings. The Kier molecular flexibility index (Phi) is 6.02. The van der Waals surface area contributed by atoms with Crippen molar-refractivity contribution in [1.82, 2.24) is 0 Å². The summed E-state index contributed by atoms with van der Waals surface area (Å²) >= 11 is 0. The van der Waals surface area contributed by atoms with E-state index in [0.717, 1.165) is 11.1 Å². The summed E-state index contributed by atoms with van der Waals surface area (Å²) in [5, 5.41) is 9.28. The van der Waals surface area contributed by atoms with Crippen LogP contribution in [-0.2, 0) is 0 Å². The van der Waals surface area contributed by atoms with Crippen LogP contribution >= 0.6 is 0 Å². The summed E-state index contributed by atoms with van der Waals surface area (Å²) in [6, 6.07) is 17.3. The molecule has 16 heavy (non-hydrogen) atoms. The van der Waals surface area contributed by atoms with Gasteiger partial charge < -0.3 is 5.11 Å². The first kappa shape index (κ1) is 13.7. The Morgan fingerprint density at radius 3 is 2.06 bits per heavy atom. The third-order valence-corrected chi connectivity index (χ3v) is 2.14. The van der Waals surface area contributed by atoms with Gasteiger partial charge in [0.05, 0.1) is 0 Å². The van der Waals surface area contributed by atoms with E-state index in [1.807, 2.05) is 54.6 Å². The number of rotatable bonds is 2. The van der Waals surface area contributed by atoms with Crippen molar-refractivity contribution in [2.75, 3.05) is 0 Å². The van der Waals surface area contributed by atoms with E-state index in [1.165, 1.54) is 0 Å². The van der Waals surface area contributed by atoms with E-state index in [0.29, 0.717) is 5.75 Å². The second-order valence-corrected chi connectivity index (χ2v) is 3.34. The molecule has 0 heterocycles. The average Bonchev–Trinajstić information content (AvgIpc) is 2.28. The maximum absolute atomic E-state index is 9.28. The topological polar surface area (TPSA) is 20.2 Å². The van der Waals surface area contributed by atoms with Gasteiger partial charge in [0.25, 0.3) is 0 Å². The molecule has 0 fully saturated rings. The van der Waals surface area contributed by atoms with Gasteiger partial charge in [-0.3, -0.25) is 0 Å². The van der Waals surface area contributed by atoms with Crippen molar-refractivity contribution in [2.24, 2.45) is 0 Å². The van der Waals surface area contributed by atoms with Crippen LogP contribution in [0.1, 0.15) is 11.1 Å². The molecule has 76 valence electrons. The van der Waals surface area contributed by atoms with Crippen LogP contribution in [0, 0.1) is 0 Å². The summed E-state index contributed by atoms with van der Waals surface area (Å²) in [5.41, 5.74) is 2.15. The predicted octanol–water partition coefficient (Wildman–Crippen LogP) is 2.91. The van der Waals surface area contributed by atoms with Gasteiger partial charge in [-0.25, -0.2) is 0 Å². The Bertz CT molecular complexity index is 463. The molecule has 0 saturated heterocycles. The average molecular weight is 236 g/mol. The van der Waals surface area contributed by atoms with Crippen molar-refractivity contribution in [2.45, 2.75) is 0 Å². The van der Waals surface area contributed by atoms with E-state index in [2.05, 4.69) is 0 Å². The number of hydrogen-bond acceptors (Lipinski definition) is 1. The zero-order valence-electron chi connectivity index (χ0n) is 8.30. The number of benzene rings is 2. The molecule has 0 amide bonds. The molecule has 0 aliphatic carbocycles. The molecule has 2 heteroatoms. The molecule has 0 aliphatic heterocycles. The molecule has 1 nitrogen and oxygen atoms in total. The van der Waals surface area contributed by atoms with E-state index >= 15 is 0 Å². The van der Waals surface area contributed by atoms with E-state index in [4.69, 9.17) is 0 Å². The SMILES string of the molecule is Oc1cccc(/C=C/c2ccccc2)c1.[KH]. The summed E-state index contributed by atoms with van der Waals surface area (Å²) in [6.45, 7) is 0. The van der Waals surface area contributed by atoms with Gasteiger partial charge in [-0.15, -0.1) is 0 Å². The summed E-state index contributed by atoms with van der Waals surface area (Å²) in [6.07, 6.45) is 4.00. The van der Waals surface area contributed by atoms with E-state index in [1.54, 1.807) is 12.1 Å². The fraction of sp³-hybridized carbons (Fsp3) is 0. The fourth-order valence-corrected chi connectivity index (χ4v) is 1.39. The summed E-state index contributed by atoms with van der Waals surface area (Å²) in [4.78, 5) is 0. The van der Waals surface area contributed by atoms with Crippen molar-refractivity contribution in [3.63, 3.8) is 0 Å². The minimum atomic E-state index is 0.